The Bertz CT molecular complexity index is 677. The van der Waals surface area contributed by atoms with Crippen LogP contribution in [0.25, 0.3) is 0 Å². The Morgan fingerprint density at radius 1 is 1.03 bits per heavy atom. The van der Waals surface area contributed by atoms with Gasteiger partial charge in [-0.3, -0.25) is 9.59 Å². The van der Waals surface area contributed by atoms with Gasteiger partial charge in [-0.1, -0.05) is 39.0 Å². The number of carbonyl (C=O) groups excluding carboxylic acids is 2. The summed E-state index contributed by atoms with van der Waals surface area (Å²) in [5.74, 6) is -0.374. The Labute approximate surface area is 178 Å². The van der Waals surface area contributed by atoms with Crippen LogP contribution < -0.4 is 15.4 Å². The van der Waals surface area contributed by atoms with E-state index in [1.807, 2.05) is 0 Å². The summed E-state index contributed by atoms with van der Waals surface area (Å²) in [4.78, 5) is 35.2. The zero-order valence-corrected chi connectivity index (χ0v) is 18.2. The second kappa shape index (κ2) is 13.5. The first-order valence-corrected chi connectivity index (χ1v) is 10.4. The zero-order chi connectivity index (χ0) is 22.4. The summed E-state index contributed by atoms with van der Waals surface area (Å²) in [5.41, 5.74) is -0.976. The lowest BCUT2D eigenvalue weighted by molar-refractivity contribution is -0.141. The summed E-state index contributed by atoms with van der Waals surface area (Å²) >= 11 is 0. The predicted molar refractivity (Wildman–Crippen MR) is 115 cm³/mol. The Hall–Kier alpha value is -2.77. The van der Waals surface area contributed by atoms with Crippen molar-refractivity contribution < 1.29 is 29.0 Å². The molecule has 0 saturated carbocycles. The van der Waals surface area contributed by atoms with Crippen LogP contribution in [0.15, 0.2) is 24.3 Å². The minimum absolute atomic E-state index is 0.0305. The number of esters is 1. The van der Waals surface area contributed by atoms with Crippen molar-refractivity contribution in [2.24, 2.45) is 0 Å². The molecule has 0 spiro atoms. The lowest BCUT2D eigenvalue weighted by Gasteiger charge is -2.28. The molecule has 0 radical (unpaired) electrons. The third kappa shape index (κ3) is 9.62. The number of hydrogen-bond donors (Lipinski definition) is 3. The maximum atomic E-state index is 12.7. The van der Waals surface area contributed by atoms with E-state index in [0.717, 1.165) is 12.8 Å². The normalized spacial score (nSPS) is 12.5. The quantitative estimate of drug-likeness (QED) is 0.303. The van der Waals surface area contributed by atoms with Crippen LogP contribution in [0.5, 0.6) is 5.75 Å². The first kappa shape index (κ1) is 25.3. The number of benzene rings is 1. The van der Waals surface area contributed by atoms with Crippen molar-refractivity contribution in [1.29, 1.82) is 0 Å². The van der Waals surface area contributed by atoms with E-state index in [0.29, 0.717) is 18.0 Å². The first-order chi connectivity index (χ1) is 14.3. The smallest absolute Gasteiger partial charge is 0.405 e. The molecule has 0 aromatic heterocycles. The van der Waals surface area contributed by atoms with Gasteiger partial charge in [0.2, 0.25) is 5.91 Å². The van der Waals surface area contributed by atoms with Crippen molar-refractivity contribution in [3.63, 3.8) is 0 Å². The zero-order valence-electron chi connectivity index (χ0n) is 18.2. The van der Waals surface area contributed by atoms with Crippen LogP contribution in [0.1, 0.15) is 65.2 Å². The number of carboxylic acid groups (broad SMARTS) is 1. The van der Waals surface area contributed by atoms with E-state index in [2.05, 4.69) is 22.3 Å². The molecule has 0 bridgehead atoms. The number of anilines is 1. The highest BCUT2D eigenvalue weighted by atomic mass is 16.5. The van der Waals surface area contributed by atoms with Gasteiger partial charge in [-0.25, -0.2) is 4.79 Å². The predicted octanol–water partition coefficient (Wildman–Crippen LogP) is 4.34. The third-order valence-corrected chi connectivity index (χ3v) is 4.82. The van der Waals surface area contributed by atoms with Crippen LogP contribution in [0, 0.1) is 0 Å². The number of methoxy groups -OCH3 is 1. The van der Waals surface area contributed by atoms with Crippen LogP contribution in [0.4, 0.5) is 10.5 Å². The van der Waals surface area contributed by atoms with Gasteiger partial charge in [0.15, 0.2) is 0 Å². The monoisotopic (exact) mass is 422 g/mol. The average molecular weight is 423 g/mol. The molecule has 0 saturated heterocycles. The summed E-state index contributed by atoms with van der Waals surface area (Å²) in [6.45, 7) is 4.27. The van der Waals surface area contributed by atoms with Crippen molar-refractivity contribution in [1.82, 2.24) is 5.32 Å². The molecule has 1 atom stereocenters. The van der Waals surface area contributed by atoms with Gasteiger partial charge in [-0.15, -0.1) is 0 Å². The molecule has 0 unspecified atom stereocenters. The molecule has 1 rings (SSSR count). The SMILES string of the molecule is CCCCCCCCOc1ccc(NC(=O)[C@](C)(CCC(=O)OC)NC(=O)O)cc1. The van der Waals surface area contributed by atoms with E-state index in [4.69, 9.17) is 9.84 Å². The van der Waals surface area contributed by atoms with E-state index in [1.54, 1.807) is 24.3 Å². The first-order valence-electron chi connectivity index (χ1n) is 10.4. The van der Waals surface area contributed by atoms with Gasteiger partial charge in [0.25, 0.3) is 0 Å². The lowest BCUT2D eigenvalue weighted by Crippen LogP contribution is -2.54. The highest BCUT2D eigenvalue weighted by molar-refractivity contribution is 5.99. The molecule has 0 aliphatic heterocycles. The van der Waals surface area contributed by atoms with Gasteiger partial charge >= 0.3 is 12.1 Å². The van der Waals surface area contributed by atoms with Crippen LogP contribution in [0.3, 0.4) is 0 Å². The number of hydrogen-bond acceptors (Lipinski definition) is 5. The highest BCUT2D eigenvalue weighted by Crippen LogP contribution is 2.20. The summed E-state index contributed by atoms with van der Waals surface area (Å²) < 4.78 is 10.3. The number of carbonyl (C=O) groups is 3. The molecule has 0 aliphatic carbocycles. The largest absolute Gasteiger partial charge is 0.494 e. The fourth-order valence-corrected chi connectivity index (χ4v) is 2.90. The molecule has 0 heterocycles. The van der Waals surface area contributed by atoms with E-state index in [9.17, 15) is 14.4 Å². The van der Waals surface area contributed by atoms with Crippen LogP contribution in [-0.4, -0.2) is 42.3 Å². The molecule has 168 valence electrons. The molecule has 1 aromatic carbocycles. The van der Waals surface area contributed by atoms with E-state index >= 15 is 0 Å². The molecule has 2 amide bonds. The van der Waals surface area contributed by atoms with Gasteiger partial charge in [0.05, 0.1) is 13.7 Å². The molecular weight excluding hydrogens is 388 g/mol. The number of ether oxygens (including phenoxy) is 2. The second-order valence-electron chi connectivity index (χ2n) is 7.43. The van der Waals surface area contributed by atoms with Crippen molar-refractivity contribution in [2.75, 3.05) is 19.0 Å². The minimum Gasteiger partial charge on any atom is -0.494 e. The summed E-state index contributed by atoms with van der Waals surface area (Å²) in [6.07, 6.45) is 5.67. The van der Waals surface area contributed by atoms with Crippen molar-refractivity contribution in [3.05, 3.63) is 24.3 Å². The molecule has 3 N–H and O–H groups in total. The van der Waals surface area contributed by atoms with Crippen molar-refractivity contribution in [3.8, 4) is 5.75 Å². The van der Waals surface area contributed by atoms with Gasteiger partial charge in [-0.2, -0.15) is 0 Å². The standard InChI is InChI=1S/C22H34N2O6/c1-4-5-6-7-8-9-16-30-18-12-10-17(11-13-18)23-20(26)22(2,24-21(27)28)15-14-19(25)29-3/h10-13,24H,4-9,14-16H2,1-3H3,(H,23,26)(H,27,28)/t22-/m0/s1. The third-order valence-electron chi connectivity index (χ3n) is 4.82. The fourth-order valence-electron chi connectivity index (χ4n) is 2.90. The molecular formula is C22H34N2O6. The van der Waals surface area contributed by atoms with E-state index in [1.165, 1.54) is 39.7 Å². The van der Waals surface area contributed by atoms with Crippen molar-refractivity contribution >= 4 is 23.7 Å². The van der Waals surface area contributed by atoms with Gasteiger partial charge < -0.3 is 25.2 Å². The van der Waals surface area contributed by atoms with Gasteiger partial charge in [0, 0.05) is 12.1 Å². The Balaban J connectivity index is 2.55. The number of unbranched alkanes of at least 4 members (excludes halogenated alkanes) is 5. The molecule has 30 heavy (non-hydrogen) atoms. The topological polar surface area (TPSA) is 114 Å². The molecule has 0 fully saturated rings. The maximum Gasteiger partial charge on any atom is 0.405 e. The fraction of sp³-hybridized carbons (Fsp3) is 0.591. The molecule has 8 heteroatoms. The Kier molecular flexibility index (Phi) is 11.3. The maximum absolute atomic E-state index is 12.7. The summed E-state index contributed by atoms with van der Waals surface area (Å²) in [6, 6.07) is 6.89. The summed E-state index contributed by atoms with van der Waals surface area (Å²) in [5, 5.41) is 13.9. The van der Waals surface area contributed by atoms with E-state index < -0.39 is 23.5 Å². The van der Waals surface area contributed by atoms with Crippen LogP contribution in [-0.2, 0) is 14.3 Å². The van der Waals surface area contributed by atoms with E-state index in [-0.39, 0.29) is 12.8 Å². The molecule has 1 aromatic rings. The Morgan fingerprint density at radius 2 is 1.67 bits per heavy atom. The van der Waals surface area contributed by atoms with Crippen molar-refractivity contribution in [2.45, 2.75) is 70.8 Å². The number of rotatable bonds is 14. The van der Waals surface area contributed by atoms with Gasteiger partial charge in [0.1, 0.15) is 11.3 Å². The Morgan fingerprint density at radius 3 is 2.27 bits per heavy atom. The molecule has 8 nitrogen and oxygen atoms in total. The van der Waals surface area contributed by atoms with Crippen LogP contribution >= 0.6 is 0 Å². The average Bonchev–Trinajstić information content (AvgIpc) is 2.72. The number of amides is 2. The minimum atomic E-state index is -1.48. The molecule has 0 aliphatic rings. The second-order valence-corrected chi connectivity index (χ2v) is 7.43. The number of nitrogens with one attached hydrogen (secondary N) is 2. The van der Waals surface area contributed by atoms with Crippen LogP contribution in [0.2, 0.25) is 0 Å². The highest BCUT2D eigenvalue weighted by Gasteiger charge is 2.35. The summed E-state index contributed by atoms with van der Waals surface area (Å²) in [7, 11) is 1.24. The van der Waals surface area contributed by atoms with Gasteiger partial charge in [-0.05, 0) is 44.0 Å². The lowest BCUT2D eigenvalue weighted by atomic mass is 9.94.